The van der Waals surface area contributed by atoms with Crippen molar-refractivity contribution in [2.24, 2.45) is 0 Å². The molecule has 1 aromatic heterocycles. The van der Waals surface area contributed by atoms with Gasteiger partial charge in [-0.2, -0.15) is 0 Å². The minimum absolute atomic E-state index is 0.0431. The molecule has 0 bridgehead atoms. The summed E-state index contributed by atoms with van der Waals surface area (Å²) < 4.78 is 1.62. The maximum absolute atomic E-state index is 11.6. The van der Waals surface area contributed by atoms with E-state index in [-0.39, 0.29) is 10.6 Å². The van der Waals surface area contributed by atoms with Gasteiger partial charge in [0.2, 0.25) is 0 Å². The second kappa shape index (κ2) is 4.73. The van der Waals surface area contributed by atoms with E-state index in [4.69, 9.17) is 0 Å². The van der Waals surface area contributed by atoms with Crippen molar-refractivity contribution in [1.29, 1.82) is 0 Å². The van der Waals surface area contributed by atoms with E-state index < -0.39 is 4.92 Å². The highest BCUT2D eigenvalue weighted by atomic mass is 32.1. The predicted molar refractivity (Wildman–Crippen MR) is 70.3 cm³/mol. The average Bonchev–Trinajstić information content (AvgIpc) is 2.63. The number of nitrogens with zero attached hydrogens (tertiary/aromatic N) is 2. The maximum Gasteiger partial charge on any atom is 0.307 e. The van der Waals surface area contributed by atoms with Gasteiger partial charge in [0.15, 0.2) is 0 Å². The molecular formula is C12H12N2O3S. The van der Waals surface area contributed by atoms with Crippen LogP contribution in [0.3, 0.4) is 0 Å². The lowest BCUT2D eigenvalue weighted by Crippen LogP contribution is -2.16. The monoisotopic (exact) mass is 264 g/mol. The quantitative estimate of drug-likeness (QED) is 0.632. The highest BCUT2D eigenvalue weighted by Gasteiger charge is 2.14. The number of hydrogen-bond acceptors (Lipinski definition) is 4. The second-order valence-electron chi connectivity index (χ2n) is 4.05. The number of benzene rings is 1. The van der Waals surface area contributed by atoms with Crippen molar-refractivity contribution in [2.75, 3.05) is 0 Å². The third kappa shape index (κ3) is 2.19. The van der Waals surface area contributed by atoms with E-state index in [0.717, 1.165) is 22.6 Å². The van der Waals surface area contributed by atoms with Gasteiger partial charge in [-0.25, -0.2) is 0 Å². The van der Waals surface area contributed by atoms with Crippen molar-refractivity contribution in [3.05, 3.63) is 60.2 Å². The summed E-state index contributed by atoms with van der Waals surface area (Å²) in [6.07, 6.45) is 0. The topological polar surface area (TPSA) is 65.1 Å². The summed E-state index contributed by atoms with van der Waals surface area (Å²) in [5.74, 6) is 0. The van der Waals surface area contributed by atoms with Crippen molar-refractivity contribution in [3.8, 4) is 0 Å². The lowest BCUT2D eigenvalue weighted by Gasteiger charge is -2.08. The summed E-state index contributed by atoms with van der Waals surface area (Å²) in [7, 11) is 0. The third-order valence-electron chi connectivity index (χ3n) is 2.92. The van der Waals surface area contributed by atoms with Gasteiger partial charge < -0.3 is 0 Å². The van der Waals surface area contributed by atoms with Gasteiger partial charge in [-0.1, -0.05) is 23.5 Å². The maximum atomic E-state index is 11.6. The summed E-state index contributed by atoms with van der Waals surface area (Å²) in [5.41, 5.74) is 2.37. The molecule has 94 valence electrons. The third-order valence-corrected chi connectivity index (χ3v) is 3.80. The van der Waals surface area contributed by atoms with Crippen LogP contribution in [-0.4, -0.2) is 9.49 Å². The zero-order valence-electron chi connectivity index (χ0n) is 10.0. The highest BCUT2D eigenvalue weighted by Crippen LogP contribution is 2.21. The summed E-state index contributed by atoms with van der Waals surface area (Å²) in [6, 6.07) is 4.93. The Balaban J connectivity index is 2.45. The molecule has 0 aliphatic rings. The normalized spacial score (nSPS) is 10.6. The Morgan fingerprint density at radius 1 is 1.39 bits per heavy atom. The standard InChI is InChI=1S/C12H12N2O3S/c1-8-7-18-12(15)13(8)6-10-4-3-5-11(9(10)2)14(16)17/h3-5,7H,6H2,1-2H3. The Kier molecular flexibility index (Phi) is 3.29. The van der Waals surface area contributed by atoms with E-state index >= 15 is 0 Å². The Labute approximate surface area is 107 Å². The molecule has 0 unspecified atom stereocenters. The van der Waals surface area contributed by atoms with E-state index in [1.54, 1.807) is 22.9 Å². The molecule has 0 fully saturated rings. The van der Waals surface area contributed by atoms with Crippen LogP contribution in [0.15, 0.2) is 28.4 Å². The zero-order valence-corrected chi connectivity index (χ0v) is 10.9. The number of hydrogen-bond donors (Lipinski definition) is 0. The Morgan fingerprint density at radius 3 is 2.67 bits per heavy atom. The fourth-order valence-corrected chi connectivity index (χ4v) is 2.54. The molecule has 0 saturated carbocycles. The van der Waals surface area contributed by atoms with Crippen LogP contribution in [0.2, 0.25) is 0 Å². The van der Waals surface area contributed by atoms with E-state index in [9.17, 15) is 14.9 Å². The van der Waals surface area contributed by atoms with Gasteiger partial charge in [0.1, 0.15) is 0 Å². The summed E-state index contributed by atoms with van der Waals surface area (Å²) >= 11 is 1.14. The Morgan fingerprint density at radius 2 is 2.11 bits per heavy atom. The van der Waals surface area contributed by atoms with Gasteiger partial charge in [0, 0.05) is 22.7 Å². The number of nitro benzene ring substituents is 1. The first kappa shape index (κ1) is 12.5. The number of aromatic nitrogens is 1. The largest absolute Gasteiger partial charge is 0.307 e. The van der Waals surface area contributed by atoms with Crippen LogP contribution >= 0.6 is 11.3 Å². The Bertz CT molecular complexity index is 658. The minimum Gasteiger partial charge on any atom is -0.299 e. The number of rotatable bonds is 3. The van der Waals surface area contributed by atoms with Crippen molar-refractivity contribution >= 4 is 17.0 Å². The van der Waals surface area contributed by atoms with Crippen LogP contribution in [0.25, 0.3) is 0 Å². The molecule has 2 rings (SSSR count). The first-order chi connectivity index (χ1) is 8.50. The molecule has 0 spiro atoms. The van der Waals surface area contributed by atoms with E-state index in [0.29, 0.717) is 12.1 Å². The number of nitro groups is 1. The lowest BCUT2D eigenvalue weighted by molar-refractivity contribution is -0.385. The van der Waals surface area contributed by atoms with Crippen LogP contribution < -0.4 is 4.87 Å². The second-order valence-corrected chi connectivity index (χ2v) is 4.87. The highest BCUT2D eigenvalue weighted by molar-refractivity contribution is 7.07. The molecule has 18 heavy (non-hydrogen) atoms. The van der Waals surface area contributed by atoms with Gasteiger partial charge in [-0.05, 0) is 19.4 Å². The molecule has 6 heteroatoms. The molecule has 1 aromatic carbocycles. The van der Waals surface area contributed by atoms with Crippen LogP contribution in [0.1, 0.15) is 16.8 Å². The molecule has 0 amide bonds. The first-order valence-corrected chi connectivity index (χ1v) is 6.26. The molecule has 2 aromatic rings. The SMILES string of the molecule is Cc1c(Cn2c(C)csc2=O)cccc1[N+](=O)[O-]. The van der Waals surface area contributed by atoms with E-state index in [1.807, 2.05) is 13.0 Å². The molecule has 0 atom stereocenters. The molecule has 5 nitrogen and oxygen atoms in total. The van der Waals surface area contributed by atoms with Crippen molar-refractivity contribution < 1.29 is 4.92 Å². The first-order valence-electron chi connectivity index (χ1n) is 5.38. The van der Waals surface area contributed by atoms with Gasteiger partial charge in [0.25, 0.3) is 5.69 Å². The fraction of sp³-hybridized carbons (Fsp3) is 0.250. The summed E-state index contributed by atoms with van der Waals surface area (Å²) in [4.78, 5) is 22.0. The van der Waals surface area contributed by atoms with E-state index in [2.05, 4.69) is 0 Å². The van der Waals surface area contributed by atoms with Gasteiger partial charge >= 0.3 is 4.87 Å². The average molecular weight is 264 g/mol. The molecule has 0 N–H and O–H groups in total. The molecule has 1 heterocycles. The smallest absolute Gasteiger partial charge is 0.299 e. The number of aryl methyl sites for hydroxylation is 1. The van der Waals surface area contributed by atoms with Gasteiger partial charge in [-0.15, -0.1) is 0 Å². The molecule has 0 aliphatic carbocycles. The van der Waals surface area contributed by atoms with Crippen LogP contribution in [0.4, 0.5) is 5.69 Å². The molecule has 0 saturated heterocycles. The molecular weight excluding hydrogens is 252 g/mol. The zero-order chi connectivity index (χ0) is 13.3. The van der Waals surface area contributed by atoms with Crippen molar-refractivity contribution in [3.63, 3.8) is 0 Å². The van der Waals surface area contributed by atoms with Crippen molar-refractivity contribution in [1.82, 2.24) is 4.57 Å². The summed E-state index contributed by atoms with van der Waals surface area (Å²) in [6.45, 7) is 3.94. The minimum atomic E-state index is -0.401. The molecule has 0 aliphatic heterocycles. The van der Waals surface area contributed by atoms with Crippen molar-refractivity contribution in [2.45, 2.75) is 20.4 Å². The summed E-state index contributed by atoms with van der Waals surface area (Å²) in [5, 5.41) is 12.6. The van der Waals surface area contributed by atoms with Gasteiger partial charge in [-0.3, -0.25) is 19.5 Å². The lowest BCUT2D eigenvalue weighted by atomic mass is 10.1. The van der Waals surface area contributed by atoms with Gasteiger partial charge in [0.05, 0.1) is 11.5 Å². The van der Waals surface area contributed by atoms with Crippen LogP contribution in [0.5, 0.6) is 0 Å². The van der Waals surface area contributed by atoms with E-state index in [1.165, 1.54) is 6.07 Å². The van der Waals surface area contributed by atoms with Crippen LogP contribution in [-0.2, 0) is 6.54 Å². The fourth-order valence-electron chi connectivity index (χ4n) is 1.81. The molecule has 0 radical (unpaired) electrons. The Hall–Kier alpha value is -1.95. The predicted octanol–water partition coefficient (Wildman–Crippen LogP) is 2.48. The van der Waals surface area contributed by atoms with Crippen LogP contribution in [0, 0.1) is 24.0 Å². The number of thiazole rings is 1.